The van der Waals surface area contributed by atoms with E-state index in [2.05, 4.69) is 15.9 Å². The third-order valence-corrected chi connectivity index (χ3v) is 3.43. The first kappa shape index (κ1) is 13.2. The van der Waals surface area contributed by atoms with Gasteiger partial charge in [-0.05, 0) is 47.9 Å². The molecule has 1 N–H and O–H groups in total. The molecule has 0 bridgehead atoms. The van der Waals surface area contributed by atoms with Crippen molar-refractivity contribution in [3.8, 4) is 0 Å². The van der Waals surface area contributed by atoms with Gasteiger partial charge < -0.3 is 5.11 Å². The van der Waals surface area contributed by atoms with Gasteiger partial charge in [0.1, 0.15) is 5.82 Å². The minimum Gasteiger partial charge on any atom is -0.388 e. The lowest BCUT2D eigenvalue weighted by Gasteiger charge is -2.14. The van der Waals surface area contributed by atoms with E-state index in [0.29, 0.717) is 6.42 Å². The van der Waals surface area contributed by atoms with Crippen LogP contribution in [-0.2, 0) is 6.42 Å². The molecule has 0 aliphatic rings. The Hall–Kier alpha value is -1.19. The Labute approximate surface area is 114 Å². The molecule has 1 unspecified atom stereocenters. The zero-order chi connectivity index (χ0) is 13.1. The number of benzene rings is 2. The summed E-state index contributed by atoms with van der Waals surface area (Å²) in [5, 5.41) is 10.2. The number of hydrogen-bond donors (Lipinski definition) is 1. The van der Waals surface area contributed by atoms with Gasteiger partial charge in [0.2, 0.25) is 0 Å². The molecule has 0 amide bonds. The highest BCUT2D eigenvalue weighted by Crippen LogP contribution is 2.24. The smallest absolute Gasteiger partial charge is 0.123 e. The van der Waals surface area contributed by atoms with E-state index in [1.165, 1.54) is 12.1 Å². The first-order valence-electron chi connectivity index (χ1n) is 5.75. The van der Waals surface area contributed by atoms with E-state index in [4.69, 9.17) is 0 Å². The van der Waals surface area contributed by atoms with Crippen LogP contribution in [0.4, 0.5) is 4.39 Å². The van der Waals surface area contributed by atoms with Crippen LogP contribution in [-0.4, -0.2) is 5.11 Å². The van der Waals surface area contributed by atoms with Crippen molar-refractivity contribution in [3.05, 3.63) is 69.4 Å². The highest BCUT2D eigenvalue weighted by molar-refractivity contribution is 9.10. The molecular weight excluding hydrogens is 295 g/mol. The van der Waals surface area contributed by atoms with Crippen LogP contribution in [0.2, 0.25) is 0 Å². The molecule has 0 saturated carbocycles. The van der Waals surface area contributed by atoms with Crippen LogP contribution in [0.25, 0.3) is 0 Å². The van der Waals surface area contributed by atoms with Crippen molar-refractivity contribution in [1.29, 1.82) is 0 Å². The van der Waals surface area contributed by atoms with Gasteiger partial charge >= 0.3 is 0 Å². The fourth-order valence-electron chi connectivity index (χ4n) is 1.97. The molecule has 0 aliphatic heterocycles. The highest BCUT2D eigenvalue weighted by atomic mass is 79.9. The number of halogens is 2. The average Bonchev–Trinajstić information content (AvgIpc) is 2.32. The van der Waals surface area contributed by atoms with Crippen LogP contribution in [0.1, 0.15) is 22.8 Å². The molecule has 0 aliphatic carbocycles. The van der Waals surface area contributed by atoms with E-state index in [-0.39, 0.29) is 5.82 Å². The van der Waals surface area contributed by atoms with Gasteiger partial charge in [0.05, 0.1) is 6.10 Å². The summed E-state index contributed by atoms with van der Waals surface area (Å²) < 4.78 is 13.8. The number of hydrogen-bond acceptors (Lipinski definition) is 1. The normalized spacial score (nSPS) is 12.4. The van der Waals surface area contributed by atoms with Crippen LogP contribution in [0, 0.1) is 12.7 Å². The predicted octanol–water partition coefficient (Wildman–Crippen LogP) is 4.17. The molecule has 0 saturated heterocycles. The molecule has 1 nitrogen and oxygen atoms in total. The number of aryl methyl sites for hydroxylation is 1. The number of rotatable bonds is 3. The standard InChI is InChI=1S/C15H14BrFO/c1-10-8-12(16)4-7-14(10)15(18)9-11-2-5-13(17)6-3-11/h2-8,15,18H,9H2,1H3. The van der Waals surface area contributed by atoms with E-state index in [1.807, 2.05) is 25.1 Å². The molecule has 0 spiro atoms. The minimum atomic E-state index is -0.566. The largest absolute Gasteiger partial charge is 0.388 e. The molecule has 0 radical (unpaired) electrons. The van der Waals surface area contributed by atoms with Crippen LogP contribution in [0.15, 0.2) is 46.9 Å². The second kappa shape index (κ2) is 5.63. The lowest BCUT2D eigenvalue weighted by molar-refractivity contribution is 0.177. The molecule has 3 heteroatoms. The van der Waals surface area contributed by atoms with Gasteiger partial charge in [0.15, 0.2) is 0 Å². The van der Waals surface area contributed by atoms with Gasteiger partial charge in [0.25, 0.3) is 0 Å². The van der Waals surface area contributed by atoms with Gasteiger partial charge in [-0.15, -0.1) is 0 Å². The molecule has 2 aromatic rings. The second-order valence-corrected chi connectivity index (χ2v) is 5.26. The Bertz CT molecular complexity index is 537. The topological polar surface area (TPSA) is 20.2 Å². The van der Waals surface area contributed by atoms with Gasteiger partial charge in [-0.25, -0.2) is 4.39 Å². The molecule has 18 heavy (non-hydrogen) atoms. The van der Waals surface area contributed by atoms with Crippen LogP contribution in [0.3, 0.4) is 0 Å². The third-order valence-electron chi connectivity index (χ3n) is 2.93. The predicted molar refractivity (Wildman–Crippen MR) is 73.9 cm³/mol. The van der Waals surface area contributed by atoms with E-state index >= 15 is 0 Å². The molecule has 0 fully saturated rings. The first-order valence-corrected chi connectivity index (χ1v) is 6.54. The summed E-state index contributed by atoms with van der Waals surface area (Å²) in [6.45, 7) is 1.97. The SMILES string of the molecule is Cc1cc(Br)ccc1C(O)Cc1ccc(F)cc1. The van der Waals surface area contributed by atoms with Crippen molar-refractivity contribution < 1.29 is 9.50 Å². The molecule has 0 aromatic heterocycles. The third kappa shape index (κ3) is 3.18. The highest BCUT2D eigenvalue weighted by Gasteiger charge is 2.11. The van der Waals surface area contributed by atoms with Gasteiger partial charge in [-0.1, -0.05) is 34.1 Å². The molecular formula is C15H14BrFO. The maximum atomic E-state index is 12.8. The summed E-state index contributed by atoms with van der Waals surface area (Å²) in [5.74, 6) is -0.256. The average molecular weight is 309 g/mol. The molecule has 1 atom stereocenters. The first-order chi connectivity index (χ1) is 8.56. The number of aliphatic hydroxyl groups is 1. The fraction of sp³-hybridized carbons (Fsp3) is 0.200. The molecule has 2 rings (SSSR count). The maximum Gasteiger partial charge on any atom is 0.123 e. The van der Waals surface area contributed by atoms with Gasteiger partial charge in [-0.2, -0.15) is 0 Å². The Balaban J connectivity index is 2.16. The molecule has 94 valence electrons. The van der Waals surface area contributed by atoms with E-state index in [9.17, 15) is 9.50 Å². The Morgan fingerprint density at radius 2 is 1.83 bits per heavy atom. The van der Waals surface area contributed by atoms with Crippen molar-refractivity contribution in [3.63, 3.8) is 0 Å². The van der Waals surface area contributed by atoms with Crippen molar-refractivity contribution in [2.75, 3.05) is 0 Å². The quantitative estimate of drug-likeness (QED) is 0.902. The van der Waals surface area contributed by atoms with Gasteiger partial charge in [-0.3, -0.25) is 0 Å². The van der Waals surface area contributed by atoms with Crippen LogP contribution < -0.4 is 0 Å². The van der Waals surface area contributed by atoms with Crippen molar-refractivity contribution in [2.45, 2.75) is 19.4 Å². The zero-order valence-electron chi connectivity index (χ0n) is 10.0. The summed E-state index contributed by atoms with van der Waals surface area (Å²) in [5.41, 5.74) is 2.87. The van der Waals surface area contributed by atoms with E-state index in [0.717, 1.165) is 21.2 Å². The number of aliphatic hydroxyl groups excluding tert-OH is 1. The summed E-state index contributed by atoms with van der Waals surface area (Å²) in [7, 11) is 0. The second-order valence-electron chi connectivity index (χ2n) is 4.35. The lowest BCUT2D eigenvalue weighted by Crippen LogP contribution is -2.03. The summed E-state index contributed by atoms with van der Waals surface area (Å²) >= 11 is 3.40. The zero-order valence-corrected chi connectivity index (χ0v) is 11.6. The van der Waals surface area contributed by atoms with Crippen LogP contribution in [0.5, 0.6) is 0 Å². The van der Waals surface area contributed by atoms with Crippen molar-refractivity contribution in [1.82, 2.24) is 0 Å². The van der Waals surface area contributed by atoms with Crippen LogP contribution >= 0.6 is 15.9 Å². The lowest BCUT2D eigenvalue weighted by atomic mass is 9.98. The van der Waals surface area contributed by atoms with Crippen molar-refractivity contribution in [2.24, 2.45) is 0 Å². The summed E-state index contributed by atoms with van der Waals surface area (Å²) in [4.78, 5) is 0. The van der Waals surface area contributed by atoms with Gasteiger partial charge in [0, 0.05) is 10.9 Å². The Morgan fingerprint density at radius 3 is 2.44 bits per heavy atom. The Kier molecular flexibility index (Phi) is 4.15. The molecule has 0 heterocycles. The minimum absolute atomic E-state index is 0.256. The van der Waals surface area contributed by atoms with E-state index < -0.39 is 6.10 Å². The summed E-state index contributed by atoms with van der Waals surface area (Å²) in [6.07, 6.45) is -0.0773. The maximum absolute atomic E-state index is 12.8. The van der Waals surface area contributed by atoms with Crippen molar-refractivity contribution >= 4 is 15.9 Å². The monoisotopic (exact) mass is 308 g/mol. The summed E-state index contributed by atoms with van der Waals surface area (Å²) in [6, 6.07) is 12.0. The fourth-order valence-corrected chi connectivity index (χ4v) is 2.44. The Morgan fingerprint density at radius 1 is 1.17 bits per heavy atom. The van der Waals surface area contributed by atoms with E-state index in [1.54, 1.807) is 12.1 Å². The molecule has 2 aromatic carbocycles.